The monoisotopic (exact) mass is 565 g/mol. The Morgan fingerprint density at radius 3 is 2.46 bits per heavy atom. The molecule has 4 saturated heterocycles. The molecule has 1 aromatic heterocycles. The second kappa shape index (κ2) is 12.4. The van der Waals surface area contributed by atoms with Gasteiger partial charge in [-0.3, -0.25) is 4.48 Å². The number of hydrogen-bond donors (Lipinski definition) is 1. The molecular weight excluding hydrogens is 516 g/mol. The first-order chi connectivity index (χ1) is 19.7. The van der Waals surface area contributed by atoms with Gasteiger partial charge in [0.2, 0.25) is 0 Å². The first-order valence-corrected chi connectivity index (χ1v) is 15.9. The van der Waals surface area contributed by atoms with Crippen LogP contribution in [0.15, 0.2) is 6.07 Å². The third-order valence-electron chi connectivity index (χ3n) is 10.7. The zero-order chi connectivity index (χ0) is 29.2. The molecule has 3 amide bonds. The Balaban J connectivity index is 1.43. The highest BCUT2D eigenvalue weighted by atomic mass is 16.5. The van der Waals surface area contributed by atoms with Gasteiger partial charge in [0.05, 0.1) is 24.8 Å². The molecule has 5 heterocycles. The summed E-state index contributed by atoms with van der Waals surface area (Å²) in [7, 11) is 0. The molecule has 9 heteroatoms. The fourth-order valence-corrected chi connectivity index (χ4v) is 8.20. The topological polar surface area (TPSA) is 98.6 Å². The Labute approximate surface area is 245 Å². The van der Waals surface area contributed by atoms with Crippen molar-refractivity contribution in [2.45, 2.75) is 109 Å². The van der Waals surface area contributed by atoms with Crippen molar-refractivity contribution in [3.05, 3.63) is 28.6 Å². The fourth-order valence-electron chi connectivity index (χ4n) is 8.20. The summed E-state index contributed by atoms with van der Waals surface area (Å²) < 4.78 is 6.01. The van der Waals surface area contributed by atoms with Crippen molar-refractivity contribution in [3.8, 4) is 6.07 Å². The Bertz CT molecular complexity index is 1140. The van der Waals surface area contributed by atoms with Crippen LogP contribution in [0.4, 0.5) is 4.79 Å². The third-order valence-corrected chi connectivity index (χ3v) is 10.7. The Hall–Kier alpha value is -2.54. The van der Waals surface area contributed by atoms with Crippen molar-refractivity contribution in [1.29, 1.82) is 5.26 Å². The summed E-state index contributed by atoms with van der Waals surface area (Å²) in [6, 6.07) is 4.76. The number of pyridine rings is 1. The van der Waals surface area contributed by atoms with E-state index in [9.17, 15) is 14.9 Å². The van der Waals surface area contributed by atoms with Crippen LogP contribution in [-0.4, -0.2) is 101 Å². The van der Waals surface area contributed by atoms with Crippen LogP contribution in [0.25, 0.3) is 0 Å². The lowest BCUT2D eigenvalue weighted by atomic mass is 9.81. The van der Waals surface area contributed by atoms with Gasteiger partial charge in [0.25, 0.3) is 0 Å². The van der Waals surface area contributed by atoms with E-state index in [2.05, 4.69) is 40.0 Å². The van der Waals surface area contributed by atoms with E-state index in [1.807, 2.05) is 13.8 Å². The number of nitrogens with one attached hydrogen (secondary N) is 1. The van der Waals surface area contributed by atoms with E-state index in [4.69, 9.17) is 4.74 Å². The molecule has 0 aromatic carbocycles. The van der Waals surface area contributed by atoms with Gasteiger partial charge in [-0.25, -0.2) is 14.6 Å². The number of rotatable bonds is 7. The summed E-state index contributed by atoms with van der Waals surface area (Å²) in [5.41, 5.74) is 2.31. The third kappa shape index (κ3) is 5.51. The summed E-state index contributed by atoms with van der Waals surface area (Å²) in [6.07, 6.45) is 8.64. The van der Waals surface area contributed by atoms with E-state index in [0.717, 1.165) is 109 Å². The molecule has 224 valence electrons. The average Bonchev–Trinajstić information content (AvgIpc) is 3.31. The molecule has 5 rings (SSSR count). The molecule has 0 bridgehead atoms. The number of piperidine rings is 2. The van der Waals surface area contributed by atoms with Crippen LogP contribution in [0.1, 0.15) is 98.9 Å². The standard InChI is InChI=1S/C32H49N6O3/c1-5-6-7-28-22-36(26-10-18-41-19-11-26)31(40)37(28)27-8-16-38(17-9-27,32(4)12-14-34-15-13-32)30(39)29-23(2)20-25(21-33)35-24(29)3/h20,26-28,34H,5-19,22H2,1-4H3/q+1. The molecule has 41 heavy (non-hydrogen) atoms. The van der Waals surface area contributed by atoms with Crippen LogP contribution >= 0.6 is 0 Å². The minimum atomic E-state index is -0.190. The minimum Gasteiger partial charge on any atom is -0.381 e. The zero-order valence-corrected chi connectivity index (χ0v) is 25.6. The van der Waals surface area contributed by atoms with Gasteiger partial charge in [0.1, 0.15) is 22.9 Å². The Kier molecular flexibility index (Phi) is 9.03. The molecule has 1 unspecified atom stereocenters. The van der Waals surface area contributed by atoms with Crippen molar-refractivity contribution in [1.82, 2.24) is 20.1 Å². The number of carbonyl (C=O) groups excluding carboxylic acids is 2. The SMILES string of the molecule is CCCCC1CN(C2CCOCC2)C(=O)N1C1CC[N+](C(=O)c2c(C)cc(C#N)nc2C)(C2(C)CCNCC2)CC1. The molecular formula is C32H49N6O3+. The van der Waals surface area contributed by atoms with Gasteiger partial charge in [-0.2, -0.15) is 5.26 Å². The normalized spacial score (nSPS) is 29.0. The average molecular weight is 566 g/mol. The molecule has 1 aromatic rings. The predicted molar refractivity (Wildman–Crippen MR) is 157 cm³/mol. The molecule has 4 aliphatic heterocycles. The predicted octanol–water partition coefficient (Wildman–Crippen LogP) is 4.31. The van der Waals surface area contributed by atoms with E-state index in [1.54, 1.807) is 6.07 Å². The molecule has 0 saturated carbocycles. The number of hydrogen-bond acceptors (Lipinski definition) is 6. The highest BCUT2D eigenvalue weighted by molar-refractivity contribution is 5.92. The lowest BCUT2D eigenvalue weighted by Gasteiger charge is -2.55. The van der Waals surface area contributed by atoms with E-state index in [-0.39, 0.29) is 35.6 Å². The number of likely N-dealkylation sites (tertiary alicyclic amines) is 1. The molecule has 4 aliphatic rings. The van der Waals surface area contributed by atoms with E-state index in [0.29, 0.717) is 21.4 Å². The second-order valence-electron chi connectivity index (χ2n) is 13.1. The van der Waals surface area contributed by atoms with Crippen molar-refractivity contribution >= 4 is 11.9 Å². The quantitative estimate of drug-likeness (QED) is 0.495. The highest BCUT2D eigenvalue weighted by Crippen LogP contribution is 2.42. The smallest absolute Gasteiger partial charge is 0.348 e. The van der Waals surface area contributed by atoms with Crippen LogP contribution in [0.5, 0.6) is 0 Å². The van der Waals surface area contributed by atoms with Crippen molar-refractivity contribution in [2.24, 2.45) is 0 Å². The minimum absolute atomic E-state index is 0.138. The molecule has 0 aliphatic carbocycles. The number of aryl methyl sites for hydroxylation is 2. The second-order valence-corrected chi connectivity index (χ2v) is 13.1. The molecule has 0 radical (unpaired) electrons. The van der Waals surface area contributed by atoms with Crippen LogP contribution in [-0.2, 0) is 4.74 Å². The number of aromatic nitrogens is 1. The number of unbranched alkanes of at least 4 members (excludes halogenated alkanes) is 1. The Morgan fingerprint density at radius 2 is 1.85 bits per heavy atom. The van der Waals surface area contributed by atoms with Gasteiger partial charge < -0.3 is 19.9 Å². The lowest BCUT2D eigenvalue weighted by Crippen LogP contribution is -2.72. The van der Waals surface area contributed by atoms with Crippen LogP contribution in [0.2, 0.25) is 0 Å². The molecule has 4 fully saturated rings. The van der Waals surface area contributed by atoms with Crippen LogP contribution < -0.4 is 5.32 Å². The van der Waals surface area contributed by atoms with Crippen LogP contribution in [0, 0.1) is 25.2 Å². The number of amides is 3. The largest absolute Gasteiger partial charge is 0.381 e. The number of carbonyl (C=O) groups is 2. The fraction of sp³-hybridized carbons (Fsp3) is 0.750. The van der Waals surface area contributed by atoms with Gasteiger partial charge in [-0.15, -0.1) is 0 Å². The number of quaternary nitrogens is 1. The van der Waals surface area contributed by atoms with Gasteiger partial charge in [0, 0.05) is 70.6 Å². The summed E-state index contributed by atoms with van der Waals surface area (Å²) in [5.74, 6) is 0.138. The first kappa shape index (κ1) is 29.9. The number of urea groups is 1. The van der Waals surface area contributed by atoms with Gasteiger partial charge in [-0.1, -0.05) is 19.8 Å². The first-order valence-electron chi connectivity index (χ1n) is 15.9. The summed E-state index contributed by atoms with van der Waals surface area (Å²) in [5, 5.41) is 12.9. The number of nitriles is 1. The van der Waals surface area contributed by atoms with Gasteiger partial charge in [-0.05, 0) is 51.7 Å². The van der Waals surface area contributed by atoms with Crippen LogP contribution in [0.3, 0.4) is 0 Å². The zero-order valence-electron chi connectivity index (χ0n) is 25.6. The summed E-state index contributed by atoms with van der Waals surface area (Å²) in [6.45, 7) is 13.8. The molecule has 1 atom stereocenters. The molecule has 1 N–H and O–H groups in total. The lowest BCUT2D eigenvalue weighted by molar-refractivity contribution is -0.907. The number of nitrogens with zero attached hydrogens (tertiary/aromatic N) is 5. The van der Waals surface area contributed by atoms with Crippen molar-refractivity contribution in [2.75, 3.05) is 45.9 Å². The van der Waals surface area contributed by atoms with Gasteiger partial charge >= 0.3 is 11.9 Å². The van der Waals surface area contributed by atoms with E-state index >= 15 is 0 Å². The summed E-state index contributed by atoms with van der Waals surface area (Å²) in [4.78, 5) is 37.6. The maximum absolute atomic E-state index is 14.8. The van der Waals surface area contributed by atoms with E-state index < -0.39 is 0 Å². The van der Waals surface area contributed by atoms with Crippen molar-refractivity contribution < 1.29 is 18.8 Å². The highest BCUT2D eigenvalue weighted by Gasteiger charge is 2.57. The Morgan fingerprint density at radius 1 is 1.17 bits per heavy atom. The molecule has 0 spiro atoms. The maximum atomic E-state index is 14.8. The van der Waals surface area contributed by atoms with Gasteiger partial charge in [0.15, 0.2) is 0 Å². The number of ether oxygens (including phenoxy) is 1. The van der Waals surface area contributed by atoms with E-state index in [1.165, 1.54) is 0 Å². The maximum Gasteiger partial charge on any atom is 0.348 e. The summed E-state index contributed by atoms with van der Waals surface area (Å²) >= 11 is 0. The molecule has 9 nitrogen and oxygen atoms in total. The van der Waals surface area contributed by atoms with Crippen molar-refractivity contribution in [3.63, 3.8) is 0 Å².